The number of nitrogens with zero attached hydrogens (tertiary/aromatic N) is 2. The minimum absolute atomic E-state index is 0.00146. The lowest BCUT2D eigenvalue weighted by molar-refractivity contribution is 0.202. The molecule has 11 heteroatoms. The van der Waals surface area contributed by atoms with E-state index in [4.69, 9.17) is 21.1 Å². The van der Waals surface area contributed by atoms with E-state index in [0.717, 1.165) is 6.42 Å². The smallest absolute Gasteiger partial charge is 0.165 e. The van der Waals surface area contributed by atoms with Crippen LogP contribution in [-0.4, -0.2) is 50.3 Å². The van der Waals surface area contributed by atoms with Crippen molar-refractivity contribution in [2.75, 3.05) is 31.8 Å². The lowest BCUT2D eigenvalue weighted by Crippen LogP contribution is -2.44. The first kappa shape index (κ1) is 23.5. The molecule has 2 unspecified atom stereocenters. The summed E-state index contributed by atoms with van der Waals surface area (Å²) in [6.45, 7) is 0.933. The zero-order valence-corrected chi connectivity index (χ0v) is 19.7. The third kappa shape index (κ3) is 5.29. The van der Waals surface area contributed by atoms with E-state index in [1.165, 1.54) is 25.8 Å². The predicted octanol–water partition coefficient (Wildman–Crippen LogP) is 3.92. The number of methoxy groups -OCH3 is 1. The van der Waals surface area contributed by atoms with Crippen molar-refractivity contribution < 1.29 is 22.3 Å². The van der Waals surface area contributed by atoms with Gasteiger partial charge >= 0.3 is 0 Å². The van der Waals surface area contributed by atoms with Crippen LogP contribution in [0, 0.1) is 11.7 Å². The van der Waals surface area contributed by atoms with E-state index < -0.39 is 21.0 Å². The maximum Gasteiger partial charge on any atom is 0.165 e. The molecule has 2 aromatic carbocycles. The van der Waals surface area contributed by atoms with E-state index in [2.05, 4.69) is 20.6 Å². The van der Waals surface area contributed by atoms with Crippen LogP contribution in [-0.2, 0) is 9.84 Å². The fourth-order valence-corrected chi connectivity index (χ4v) is 5.02. The SMILES string of the molecule is COc1cc2ncnc(Nc3cccc(Cl)c3F)c2cc1OCC1CCNC(S(C)(=O)=O)C1. The predicted molar refractivity (Wildman–Crippen MR) is 126 cm³/mol. The fourth-order valence-electron chi connectivity index (χ4n) is 3.80. The van der Waals surface area contributed by atoms with E-state index >= 15 is 0 Å². The molecule has 1 aliphatic heterocycles. The molecule has 1 saturated heterocycles. The average Bonchev–Trinajstić information content (AvgIpc) is 2.80. The fraction of sp³-hybridized carbons (Fsp3) is 0.364. The summed E-state index contributed by atoms with van der Waals surface area (Å²) in [5.74, 6) is 0.810. The van der Waals surface area contributed by atoms with Crippen LogP contribution in [0.3, 0.4) is 0 Å². The van der Waals surface area contributed by atoms with Crippen LogP contribution in [0.25, 0.3) is 10.9 Å². The summed E-state index contributed by atoms with van der Waals surface area (Å²) < 4.78 is 49.7. The summed E-state index contributed by atoms with van der Waals surface area (Å²) >= 11 is 5.89. The Morgan fingerprint density at radius 3 is 2.85 bits per heavy atom. The monoisotopic (exact) mass is 494 g/mol. The second-order valence-electron chi connectivity index (χ2n) is 7.94. The Morgan fingerprint density at radius 1 is 1.27 bits per heavy atom. The summed E-state index contributed by atoms with van der Waals surface area (Å²) in [6.07, 6.45) is 3.87. The number of hydrogen-bond acceptors (Lipinski definition) is 8. The number of piperidine rings is 1. The number of sulfone groups is 1. The highest BCUT2D eigenvalue weighted by Crippen LogP contribution is 2.36. The molecule has 0 aliphatic carbocycles. The largest absolute Gasteiger partial charge is 0.493 e. The van der Waals surface area contributed by atoms with Crippen molar-refractivity contribution in [1.29, 1.82) is 0 Å². The number of nitrogens with one attached hydrogen (secondary N) is 2. The van der Waals surface area contributed by atoms with Gasteiger partial charge in [-0.2, -0.15) is 0 Å². The van der Waals surface area contributed by atoms with Crippen molar-refractivity contribution in [1.82, 2.24) is 15.3 Å². The summed E-state index contributed by atoms with van der Waals surface area (Å²) in [5, 5.41) is 6.04. The average molecular weight is 495 g/mol. The Labute approximate surface area is 196 Å². The molecule has 176 valence electrons. The van der Waals surface area contributed by atoms with Gasteiger partial charge in [0.2, 0.25) is 0 Å². The summed E-state index contributed by atoms with van der Waals surface area (Å²) in [6, 6.07) is 8.11. The summed E-state index contributed by atoms with van der Waals surface area (Å²) in [7, 11) is -1.65. The van der Waals surface area contributed by atoms with Crippen LogP contribution in [0.1, 0.15) is 12.8 Å². The van der Waals surface area contributed by atoms with Gasteiger partial charge in [0.25, 0.3) is 0 Å². The maximum absolute atomic E-state index is 14.4. The van der Waals surface area contributed by atoms with Gasteiger partial charge < -0.3 is 20.1 Å². The molecule has 3 aromatic rings. The van der Waals surface area contributed by atoms with Gasteiger partial charge in [0, 0.05) is 17.7 Å². The van der Waals surface area contributed by atoms with Crippen molar-refractivity contribution in [3.05, 3.63) is 47.5 Å². The van der Waals surface area contributed by atoms with Crippen molar-refractivity contribution in [3.63, 3.8) is 0 Å². The van der Waals surface area contributed by atoms with E-state index in [1.807, 2.05) is 0 Å². The topological polar surface area (TPSA) is 102 Å². The minimum atomic E-state index is -3.18. The van der Waals surface area contributed by atoms with Crippen molar-refractivity contribution in [2.24, 2.45) is 5.92 Å². The molecule has 1 fully saturated rings. The lowest BCUT2D eigenvalue weighted by atomic mass is 9.99. The first-order valence-electron chi connectivity index (χ1n) is 10.3. The number of hydrogen-bond donors (Lipinski definition) is 2. The molecular weight excluding hydrogens is 471 g/mol. The Balaban J connectivity index is 1.60. The Morgan fingerprint density at radius 2 is 2.09 bits per heavy atom. The zero-order valence-electron chi connectivity index (χ0n) is 18.1. The first-order chi connectivity index (χ1) is 15.8. The zero-order chi connectivity index (χ0) is 23.6. The maximum atomic E-state index is 14.4. The number of halogens is 2. The third-order valence-electron chi connectivity index (χ3n) is 5.59. The molecule has 0 saturated carbocycles. The van der Waals surface area contributed by atoms with E-state index in [0.29, 0.717) is 47.8 Å². The molecular formula is C22H24ClFN4O4S. The van der Waals surface area contributed by atoms with Crippen LogP contribution in [0.15, 0.2) is 36.7 Å². The van der Waals surface area contributed by atoms with Gasteiger partial charge in [-0.15, -0.1) is 0 Å². The number of ether oxygens (including phenoxy) is 2. The van der Waals surface area contributed by atoms with Crippen molar-refractivity contribution >= 4 is 43.8 Å². The van der Waals surface area contributed by atoms with Crippen LogP contribution in [0.5, 0.6) is 11.5 Å². The summed E-state index contributed by atoms with van der Waals surface area (Å²) in [4.78, 5) is 8.53. The van der Waals surface area contributed by atoms with E-state index in [1.54, 1.807) is 24.3 Å². The minimum Gasteiger partial charge on any atom is -0.493 e. The number of rotatable bonds is 7. The third-order valence-corrected chi connectivity index (χ3v) is 7.27. The number of aromatic nitrogens is 2. The van der Waals surface area contributed by atoms with Gasteiger partial charge in [-0.05, 0) is 43.5 Å². The Hall–Kier alpha value is -2.69. The normalized spacial score (nSPS) is 18.8. The van der Waals surface area contributed by atoms with Gasteiger partial charge in [0.05, 0.1) is 29.9 Å². The highest BCUT2D eigenvalue weighted by Gasteiger charge is 2.29. The van der Waals surface area contributed by atoms with Crippen LogP contribution >= 0.6 is 11.6 Å². The van der Waals surface area contributed by atoms with Crippen molar-refractivity contribution in [2.45, 2.75) is 18.2 Å². The number of fused-ring (bicyclic) bond motifs is 1. The number of benzene rings is 2. The molecule has 1 aliphatic rings. The second kappa shape index (κ2) is 9.66. The first-order valence-corrected chi connectivity index (χ1v) is 12.7. The Bertz CT molecular complexity index is 1270. The van der Waals surface area contributed by atoms with Crippen molar-refractivity contribution in [3.8, 4) is 11.5 Å². The second-order valence-corrected chi connectivity index (χ2v) is 10.6. The van der Waals surface area contributed by atoms with Crippen LogP contribution < -0.4 is 20.1 Å². The van der Waals surface area contributed by atoms with Gasteiger partial charge in [-0.25, -0.2) is 22.8 Å². The highest BCUT2D eigenvalue weighted by molar-refractivity contribution is 7.91. The molecule has 33 heavy (non-hydrogen) atoms. The molecule has 0 bridgehead atoms. The highest BCUT2D eigenvalue weighted by atomic mass is 35.5. The molecule has 2 heterocycles. The number of anilines is 2. The van der Waals surface area contributed by atoms with Crippen LogP contribution in [0.4, 0.5) is 15.9 Å². The van der Waals surface area contributed by atoms with E-state index in [-0.39, 0.29) is 16.6 Å². The van der Waals surface area contributed by atoms with Gasteiger partial charge in [0.15, 0.2) is 27.2 Å². The standard InChI is InChI=1S/C22H24ClFN4O4S/c1-31-18-10-17-14(22(27-12-26-17)28-16-5-3-4-15(23)21(16)24)9-19(18)32-11-13-6-7-25-20(8-13)33(2,29)30/h3-5,9-10,12-13,20,25H,6-8,11H2,1-2H3,(H,26,27,28). The van der Waals surface area contributed by atoms with Gasteiger partial charge in [-0.1, -0.05) is 17.7 Å². The quantitative estimate of drug-likeness (QED) is 0.509. The Kier molecular flexibility index (Phi) is 6.87. The molecule has 1 aromatic heterocycles. The van der Waals surface area contributed by atoms with E-state index in [9.17, 15) is 12.8 Å². The molecule has 2 N–H and O–H groups in total. The molecule has 0 spiro atoms. The molecule has 2 atom stereocenters. The molecule has 4 rings (SSSR count). The van der Waals surface area contributed by atoms with Gasteiger partial charge in [0.1, 0.15) is 17.5 Å². The summed E-state index contributed by atoms with van der Waals surface area (Å²) in [5.41, 5.74) is 0.764. The molecule has 0 amide bonds. The molecule has 8 nitrogen and oxygen atoms in total. The van der Waals surface area contributed by atoms with Gasteiger partial charge in [-0.3, -0.25) is 0 Å². The van der Waals surface area contributed by atoms with Crippen LogP contribution in [0.2, 0.25) is 5.02 Å². The lowest BCUT2D eigenvalue weighted by Gasteiger charge is -2.29. The molecule has 0 radical (unpaired) electrons.